The van der Waals surface area contributed by atoms with Crippen LogP contribution in [0.25, 0.3) is 0 Å². The van der Waals surface area contributed by atoms with Crippen molar-refractivity contribution in [3.8, 4) is 5.75 Å². The number of hydrogen-bond acceptors (Lipinski definition) is 3. The van der Waals surface area contributed by atoms with E-state index in [1.54, 1.807) is 6.92 Å². The first-order valence-corrected chi connectivity index (χ1v) is 8.61. The summed E-state index contributed by atoms with van der Waals surface area (Å²) in [6.45, 7) is 5.54. The fraction of sp³-hybridized carbons (Fsp3) is 0.222. The molecule has 0 radical (unpaired) electrons. The molecule has 0 aromatic heterocycles. The maximum Gasteiger partial charge on any atom is 0.279 e. The third kappa shape index (κ3) is 5.31. The van der Waals surface area contributed by atoms with Gasteiger partial charge in [0, 0.05) is 5.69 Å². The molecule has 2 rings (SSSR count). The molecule has 1 amide bonds. The first kappa shape index (κ1) is 19.9. The van der Waals surface area contributed by atoms with Gasteiger partial charge in [0.2, 0.25) is 0 Å². The average Bonchev–Trinajstić information content (AvgIpc) is 2.60. The van der Waals surface area contributed by atoms with Gasteiger partial charge in [-0.3, -0.25) is 15.6 Å². The number of benzene rings is 2. The van der Waals surface area contributed by atoms with Crippen LogP contribution in [0.5, 0.6) is 5.75 Å². The Morgan fingerprint density at radius 2 is 1.96 bits per heavy atom. The van der Waals surface area contributed by atoms with Gasteiger partial charge in [0.1, 0.15) is 11.6 Å². The number of amides is 1. The van der Waals surface area contributed by atoms with Gasteiger partial charge in [-0.25, -0.2) is 4.39 Å². The number of thiocarbonyl (C=S) groups is 1. The largest absolute Gasteiger partial charge is 0.481 e. The number of hydrazine groups is 1. The molecule has 138 valence electrons. The Labute approximate surface area is 161 Å². The molecule has 2 aromatic carbocycles. The lowest BCUT2D eigenvalue weighted by atomic mass is 10.1. The summed E-state index contributed by atoms with van der Waals surface area (Å²) in [7, 11) is 0. The van der Waals surface area contributed by atoms with Crippen LogP contribution in [0.2, 0.25) is 5.02 Å². The molecule has 3 N–H and O–H groups in total. The van der Waals surface area contributed by atoms with Crippen LogP contribution in [0.4, 0.5) is 10.1 Å². The highest BCUT2D eigenvalue weighted by atomic mass is 35.5. The zero-order valence-electron chi connectivity index (χ0n) is 14.5. The van der Waals surface area contributed by atoms with E-state index in [2.05, 4.69) is 16.2 Å². The summed E-state index contributed by atoms with van der Waals surface area (Å²) in [5, 5.41) is 2.88. The third-order valence-corrected chi connectivity index (χ3v) is 4.20. The zero-order valence-corrected chi connectivity index (χ0v) is 16.1. The number of hydrogen-bond donors (Lipinski definition) is 3. The topological polar surface area (TPSA) is 62.4 Å². The molecule has 26 heavy (non-hydrogen) atoms. The highest BCUT2D eigenvalue weighted by molar-refractivity contribution is 7.80. The number of carbonyl (C=O) groups is 1. The Morgan fingerprint density at radius 3 is 2.65 bits per heavy atom. The fourth-order valence-corrected chi connectivity index (χ4v) is 2.40. The first-order valence-electron chi connectivity index (χ1n) is 7.82. The van der Waals surface area contributed by atoms with Crippen LogP contribution in [-0.4, -0.2) is 17.1 Å². The van der Waals surface area contributed by atoms with Crippen molar-refractivity contribution in [2.24, 2.45) is 0 Å². The van der Waals surface area contributed by atoms with E-state index in [0.717, 1.165) is 11.1 Å². The summed E-state index contributed by atoms with van der Waals surface area (Å²) < 4.78 is 18.8. The molecule has 0 saturated carbocycles. The molecule has 0 unspecified atom stereocenters. The van der Waals surface area contributed by atoms with Crippen LogP contribution in [0.3, 0.4) is 0 Å². The van der Waals surface area contributed by atoms with Crippen LogP contribution in [0, 0.1) is 19.7 Å². The predicted molar refractivity (Wildman–Crippen MR) is 105 cm³/mol. The summed E-state index contributed by atoms with van der Waals surface area (Å²) in [5.74, 6) is -0.275. The molecule has 1 atom stereocenters. The van der Waals surface area contributed by atoms with Crippen molar-refractivity contribution in [2.45, 2.75) is 26.9 Å². The van der Waals surface area contributed by atoms with Crippen molar-refractivity contribution in [3.05, 3.63) is 58.4 Å². The minimum atomic E-state index is -0.730. The molecule has 0 aliphatic rings. The predicted octanol–water partition coefficient (Wildman–Crippen LogP) is 3.88. The van der Waals surface area contributed by atoms with E-state index >= 15 is 0 Å². The maximum absolute atomic E-state index is 13.1. The van der Waals surface area contributed by atoms with Crippen molar-refractivity contribution < 1.29 is 13.9 Å². The average molecular weight is 396 g/mol. The van der Waals surface area contributed by atoms with E-state index in [0.29, 0.717) is 11.4 Å². The monoisotopic (exact) mass is 395 g/mol. The molecule has 0 aliphatic carbocycles. The standard InChI is InChI=1S/C18H19ClFN3O2S/c1-10-5-4-6-16(11(10)2)25-12(3)17(24)22-23-18(26)21-13-7-8-15(20)14(19)9-13/h4-9,12H,1-3H3,(H,22,24)(H2,21,23,26)/t12-/m1/s1. The molecule has 2 aromatic rings. The van der Waals surface area contributed by atoms with Gasteiger partial charge in [0.15, 0.2) is 11.2 Å². The van der Waals surface area contributed by atoms with Gasteiger partial charge in [0.25, 0.3) is 5.91 Å². The second-order valence-electron chi connectivity index (χ2n) is 5.66. The Hall–Kier alpha value is -2.38. The molecule has 8 heteroatoms. The lowest BCUT2D eigenvalue weighted by Crippen LogP contribution is -2.48. The van der Waals surface area contributed by atoms with Gasteiger partial charge >= 0.3 is 0 Å². The number of anilines is 1. The molecule has 0 heterocycles. The Bertz CT molecular complexity index is 832. The molecule has 0 spiro atoms. The third-order valence-electron chi connectivity index (χ3n) is 3.70. The van der Waals surface area contributed by atoms with Gasteiger partial charge < -0.3 is 10.1 Å². The number of carbonyl (C=O) groups excluding carboxylic acids is 1. The SMILES string of the molecule is Cc1cccc(O[C@H](C)C(=O)NNC(=S)Nc2ccc(F)c(Cl)c2)c1C. The van der Waals surface area contributed by atoms with Crippen molar-refractivity contribution in [3.63, 3.8) is 0 Å². The second-order valence-corrected chi connectivity index (χ2v) is 6.47. The summed E-state index contributed by atoms with van der Waals surface area (Å²) >= 11 is 10.8. The van der Waals surface area contributed by atoms with Crippen LogP contribution < -0.4 is 20.9 Å². The summed E-state index contributed by atoms with van der Waals surface area (Å²) in [6.07, 6.45) is -0.730. The van der Waals surface area contributed by atoms with Crippen LogP contribution in [0.1, 0.15) is 18.1 Å². The van der Waals surface area contributed by atoms with Crippen molar-refractivity contribution in [1.82, 2.24) is 10.9 Å². The second kappa shape index (κ2) is 8.82. The Kier molecular flexibility index (Phi) is 6.76. The van der Waals surface area contributed by atoms with Gasteiger partial charge in [-0.15, -0.1) is 0 Å². The number of aryl methyl sites for hydroxylation is 1. The molecular formula is C18H19ClFN3O2S. The fourth-order valence-electron chi connectivity index (χ4n) is 2.05. The van der Waals surface area contributed by atoms with Gasteiger partial charge in [-0.05, 0) is 68.4 Å². The normalized spacial score (nSPS) is 11.4. The number of rotatable bonds is 4. The van der Waals surface area contributed by atoms with E-state index < -0.39 is 17.8 Å². The minimum absolute atomic E-state index is 0.0302. The Balaban J connectivity index is 1.85. The lowest BCUT2D eigenvalue weighted by molar-refractivity contribution is -0.127. The van der Waals surface area contributed by atoms with E-state index in [4.69, 9.17) is 28.6 Å². The highest BCUT2D eigenvalue weighted by Crippen LogP contribution is 2.22. The summed E-state index contributed by atoms with van der Waals surface area (Å²) in [5.41, 5.74) is 7.57. The van der Waals surface area contributed by atoms with Gasteiger partial charge in [0.05, 0.1) is 5.02 Å². The van der Waals surface area contributed by atoms with E-state index in [9.17, 15) is 9.18 Å². The lowest BCUT2D eigenvalue weighted by Gasteiger charge is -2.18. The summed E-state index contributed by atoms with van der Waals surface area (Å²) in [6, 6.07) is 9.73. The Morgan fingerprint density at radius 1 is 1.23 bits per heavy atom. The highest BCUT2D eigenvalue weighted by Gasteiger charge is 2.16. The van der Waals surface area contributed by atoms with Crippen molar-refractivity contribution >= 4 is 40.5 Å². The van der Waals surface area contributed by atoms with E-state index in [-0.39, 0.29) is 10.1 Å². The molecule has 0 saturated heterocycles. The quantitative estimate of drug-likeness (QED) is 0.541. The smallest absolute Gasteiger partial charge is 0.279 e. The zero-order chi connectivity index (χ0) is 19.3. The number of halogens is 2. The first-order chi connectivity index (χ1) is 12.3. The number of nitrogens with one attached hydrogen (secondary N) is 3. The van der Waals surface area contributed by atoms with Crippen LogP contribution in [0.15, 0.2) is 36.4 Å². The van der Waals surface area contributed by atoms with Crippen molar-refractivity contribution in [2.75, 3.05) is 5.32 Å². The molecule has 5 nitrogen and oxygen atoms in total. The van der Waals surface area contributed by atoms with Gasteiger partial charge in [-0.2, -0.15) is 0 Å². The molecule has 0 bridgehead atoms. The van der Waals surface area contributed by atoms with Crippen LogP contribution >= 0.6 is 23.8 Å². The molecule has 0 fully saturated rings. The molecular weight excluding hydrogens is 377 g/mol. The van der Waals surface area contributed by atoms with Gasteiger partial charge in [-0.1, -0.05) is 23.7 Å². The van der Waals surface area contributed by atoms with Crippen LogP contribution in [-0.2, 0) is 4.79 Å². The van der Waals surface area contributed by atoms with E-state index in [1.165, 1.54) is 18.2 Å². The van der Waals surface area contributed by atoms with E-state index in [1.807, 2.05) is 32.0 Å². The van der Waals surface area contributed by atoms with Crippen molar-refractivity contribution in [1.29, 1.82) is 0 Å². The number of ether oxygens (including phenoxy) is 1. The maximum atomic E-state index is 13.1. The summed E-state index contributed by atoms with van der Waals surface area (Å²) in [4.78, 5) is 12.1. The molecule has 0 aliphatic heterocycles. The minimum Gasteiger partial charge on any atom is -0.481 e.